The fourth-order valence-corrected chi connectivity index (χ4v) is 1.40. The molecule has 0 aromatic heterocycles. The minimum atomic E-state index is -0.519. The molecule has 0 unspecified atom stereocenters. The Hall–Kier alpha value is 0.924. The van der Waals surface area contributed by atoms with E-state index in [2.05, 4.69) is 13.8 Å². The summed E-state index contributed by atoms with van der Waals surface area (Å²) in [5, 5.41) is 0. The first-order chi connectivity index (χ1) is 6.83. The summed E-state index contributed by atoms with van der Waals surface area (Å²) in [7, 11) is 0. The summed E-state index contributed by atoms with van der Waals surface area (Å²) in [4.78, 5) is 0. The first-order valence-corrected chi connectivity index (χ1v) is 7.18. The summed E-state index contributed by atoms with van der Waals surface area (Å²) in [5.74, 6) is 0.722. The van der Waals surface area contributed by atoms with E-state index >= 15 is 0 Å². The summed E-state index contributed by atoms with van der Waals surface area (Å²) < 4.78 is 10.6. The Morgan fingerprint density at radius 3 is 1.57 bits per heavy atom. The molecule has 0 aromatic carbocycles. The van der Waals surface area contributed by atoms with E-state index in [1.54, 1.807) is 0 Å². The van der Waals surface area contributed by atoms with Gasteiger partial charge in [0.05, 0.1) is 0 Å². The Kier molecular flexibility index (Phi) is 24.1. The molecule has 0 aliphatic carbocycles. The van der Waals surface area contributed by atoms with Crippen molar-refractivity contribution in [3.63, 3.8) is 0 Å². The largest absolute Gasteiger partial charge is 0.127 e. The van der Waals surface area contributed by atoms with Crippen LogP contribution in [0.3, 0.4) is 0 Å². The van der Waals surface area contributed by atoms with Gasteiger partial charge >= 0.3 is 79.3 Å². The zero-order valence-corrected chi connectivity index (χ0v) is 12.0. The normalized spacial score (nSPS) is 9.14. The second-order valence-electron chi connectivity index (χ2n) is 2.75. The van der Waals surface area contributed by atoms with E-state index in [4.69, 9.17) is 18.2 Å². The quantitative estimate of drug-likeness (QED) is 0.375. The molecule has 0 aliphatic heterocycles. The van der Waals surface area contributed by atoms with Gasteiger partial charge in [0.15, 0.2) is 0 Å². The molecule has 0 atom stereocenters. The SMILES string of the molecule is CCCC[O][Ti][O]CCCC.CCCl. The van der Waals surface area contributed by atoms with Gasteiger partial charge in [-0.05, 0) is 0 Å². The summed E-state index contributed by atoms with van der Waals surface area (Å²) in [6.07, 6.45) is 4.75. The van der Waals surface area contributed by atoms with Crippen LogP contribution in [0.1, 0.15) is 46.5 Å². The zero-order chi connectivity index (χ0) is 11.1. The fourth-order valence-electron chi connectivity index (χ4n) is 0.558. The van der Waals surface area contributed by atoms with Crippen molar-refractivity contribution in [3.8, 4) is 0 Å². The van der Waals surface area contributed by atoms with Crippen LogP contribution in [-0.2, 0) is 26.6 Å². The van der Waals surface area contributed by atoms with Crippen molar-refractivity contribution in [2.75, 3.05) is 19.1 Å². The number of hydrogen-bond acceptors (Lipinski definition) is 2. The van der Waals surface area contributed by atoms with Crippen LogP contribution in [0.2, 0.25) is 0 Å². The van der Waals surface area contributed by atoms with Gasteiger partial charge in [0.25, 0.3) is 0 Å². The summed E-state index contributed by atoms with van der Waals surface area (Å²) in [6, 6.07) is 0. The molecule has 0 fully saturated rings. The predicted octanol–water partition coefficient (Wildman–Crippen LogP) is 3.78. The molecule has 0 bridgehead atoms. The van der Waals surface area contributed by atoms with Gasteiger partial charge in [0.1, 0.15) is 0 Å². The third-order valence-electron chi connectivity index (χ3n) is 1.32. The van der Waals surface area contributed by atoms with Crippen LogP contribution in [-0.4, -0.2) is 19.1 Å². The average Bonchev–Trinajstić information content (AvgIpc) is 2.18. The van der Waals surface area contributed by atoms with Gasteiger partial charge in [0, 0.05) is 5.88 Å². The molecule has 14 heavy (non-hydrogen) atoms. The van der Waals surface area contributed by atoms with Crippen LogP contribution in [0.5, 0.6) is 0 Å². The first-order valence-electron chi connectivity index (χ1n) is 5.37. The molecule has 0 heterocycles. The maximum absolute atomic E-state index is 5.32. The molecule has 4 heteroatoms. The molecule has 0 N–H and O–H groups in total. The Morgan fingerprint density at radius 2 is 1.29 bits per heavy atom. The van der Waals surface area contributed by atoms with Crippen molar-refractivity contribution < 1.29 is 26.6 Å². The molecular weight excluding hydrogens is 235 g/mol. The molecule has 86 valence electrons. The number of rotatable bonds is 8. The minimum absolute atomic E-state index is 0.519. The molecule has 0 radical (unpaired) electrons. The Morgan fingerprint density at radius 1 is 0.929 bits per heavy atom. The van der Waals surface area contributed by atoms with Crippen molar-refractivity contribution in [3.05, 3.63) is 0 Å². The molecule has 0 amide bonds. The van der Waals surface area contributed by atoms with E-state index in [-0.39, 0.29) is 0 Å². The van der Waals surface area contributed by atoms with Gasteiger partial charge in [-0.3, -0.25) is 0 Å². The smallest absolute Gasteiger partial charge is 0.0195 e. The fraction of sp³-hybridized carbons (Fsp3) is 1.00. The number of unbranched alkanes of at least 4 members (excludes halogenated alkanes) is 2. The first kappa shape index (κ1) is 17.3. The minimum Gasteiger partial charge on any atom is -0.127 e. The van der Waals surface area contributed by atoms with Crippen molar-refractivity contribution >= 4 is 11.6 Å². The van der Waals surface area contributed by atoms with Crippen LogP contribution in [0.15, 0.2) is 0 Å². The van der Waals surface area contributed by atoms with Crippen LogP contribution in [0.4, 0.5) is 0 Å². The second kappa shape index (κ2) is 19.5. The van der Waals surface area contributed by atoms with Gasteiger partial charge < -0.3 is 0 Å². The molecule has 0 aliphatic rings. The number of alkyl halides is 1. The van der Waals surface area contributed by atoms with Crippen molar-refractivity contribution in [1.82, 2.24) is 0 Å². The van der Waals surface area contributed by atoms with Crippen LogP contribution in [0.25, 0.3) is 0 Å². The van der Waals surface area contributed by atoms with Gasteiger partial charge in [0.2, 0.25) is 0 Å². The molecule has 0 aromatic rings. The topological polar surface area (TPSA) is 18.5 Å². The Bertz CT molecular complexity index is 76.5. The van der Waals surface area contributed by atoms with E-state index in [0.717, 1.165) is 19.1 Å². The van der Waals surface area contributed by atoms with Gasteiger partial charge in [-0.15, -0.1) is 11.6 Å². The zero-order valence-electron chi connectivity index (χ0n) is 9.64. The molecule has 0 saturated heterocycles. The maximum Gasteiger partial charge on any atom is 0.0195 e. The number of halogens is 1. The van der Waals surface area contributed by atoms with E-state index in [9.17, 15) is 0 Å². The van der Waals surface area contributed by atoms with E-state index in [1.807, 2.05) is 6.92 Å². The van der Waals surface area contributed by atoms with Gasteiger partial charge in [-0.1, -0.05) is 6.92 Å². The summed E-state index contributed by atoms with van der Waals surface area (Å²) >= 11 is 4.48. The third-order valence-corrected chi connectivity index (χ3v) is 2.32. The van der Waals surface area contributed by atoms with Crippen LogP contribution in [0, 0.1) is 0 Å². The Labute approximate surface area is 104 Å². The van der Waals surface area contributed by atoms with E-state index < -0.39 is 19.9 Å². The molecule has 0 rings (SSSR count). The van der Waals surface area contributed by atoms with Crippen molar-refractivity contribution in [1.29, 1.82) is 0 Å². The van der Waals surface area contributed by atoms with Crippen LogP contribution >= 0.6 is 11.6 Å². The van der Waals surface area contributed by atoms with Crippen molar-refractivity contribution in [2.45, 2.75) is 46.5 Å². The predicted molar refractivity (Wildman–Crippen MR) is 58.1 cm³/mol. The molecule has 2 nitrogen and oxygen atoms in total. The van der Waals surface area contributed by atoms with E-state index in [0.29, 0.717) is 0 Å². The average molecular weight is 259 g/mol. The summed E-state index contributed by atoms with van der Waals surface area (Å²) in [6.45, 7) is 8.01. The van der Waals surface area contributed by atoms with Crippen molar-refractivity contribution in [2.24, 2.45) is 0 Å². The van der Waals surface area contributed by atoms with Crippen LogP contribution < -0.4 is 0 Å². The van der Waals surface area contributed by atoms with Gasteiger partial charge in [-0.2, -0.15) is 0 Å². The second-order valence-corrected chi connectivity index (χ2v) is 4.45. The molecular formula is C10H23ClO2Ti. The monoisotopic (exact) mass is 258 g/mol. The Balaban J connectivity index is 0. The summed E-state index contributed by atoms with van der Waals surface area (Å²) in [5.41, 5.74) is 0. The third kappa shape index (κ3) is 23.1. The van der Waals surface area contributed by atoms with Gasteiger partial charge in [-0.25, -0.2) is 0 Å². The van der Waals surface area contributed by atoms with E-state index in [1.165, 1.54) is 25.7 Å². The molecule has 0 spiro atoms. The maximum atomic E-state index is 5.32. The standard InChI is InChI=1S/2C4H9O.C2H5Cl.Ti/c2*1-2-3-4-5;1-2-3;/h2*2-4H2,1H3;2H2,1H3;/q2*-1;;+2. The molecule has 0 saturated carbocycles. The number of hydrogen-bond donors (Lipinski definition) is 0.